The van der Waals surface area contributed by atoms with Crippen molar-refractivity contribution in [2.75, 3.05) is 26.2 Å². The van der Waals surface area contributed by atoms with Gasteiger partial charge in [-0.3, -0.25) is 14.4 Å². The third kappa shape index (κ3) is 4.42. The predicted molar refractivity (Wildman–Crippen MR) is 102 cm³/mol. The van der Waals surface area contributed by atoms with Gasteiger partial charge in [-0.1, -0.05) is 0 Å². The number of fused-ring (bicyclic) bond motifs is 1. The van der Waals surface area contributed by atoms with Crippen LogP contribution in [0.1, 0.15) is 31.0 Å². The molecule has 0 N–H and O–H groups in total. The average molecular weight is 371 g/mol. The molecule has 4 heterocycles. The van der Waals surface area contributed by atoms with Crippen LogP contribution in [0.4, 0.5) is 0 Å². The number of hydrogen-bond donors (Lipinski definition) is 0. The molecule has 2 aliphatic rings. The van der Waals surface area contributed by atoms with E-state index in [1.807, 2.05) is 15.8 Å². The lowest BCUT2D eigenvalue weighted by molar-refractivity contribution is -0.137. The fourth-order valence-electron chi connectivity index (χ4n) is 4.02. The lowest BCUT2D eigenvalue weighted by atomic mass is 10.2. The Labute approximate surface area is 160 Å². The van der Waals surface area contributed by atoms with Crippen LogP contribution < -0.4 is 0 Å². The standard InChI is InChI=1S/C20H29N5O2/c1-2-25-12-17(10-21-25)11-22-13-18-6-5-9-24(18)15-19(14-22)27-16-20(26)23-7-3-4-8-23/h5-6,9-10,12,19H,2-4,7-8,11,13-16H2,1H3/t19-/m0/s1. The second-order valence-corrected chi connectivity index (χ2v) is 7.55. The van der Waals surface area contributed by atoms with Crippen molar-refractivity contribution < 1.29 is 9.53 Å². The highest BCUT2D eigenvalue weighted by atomic mass is 16.5. The summed E-state index contributed by atoms with van der Waals surface area (Å²) < 4.78 is 10.3. The molecule has 0 spiro atoms. The predicted octanol–water partition coefficient (Wildman–Crippen LogP) is 1.73. The van der Waals surface area contributed by atoms with Gasteiger partial charge in [-0.15, -0.1) is 0 Å². The zero-order chi connectivity index (χ0) is 18.6. The van der Waals surface area contributed by atoms with Gasteiger partial charge in [-0.05, 0) is 31.9 Å². The Kier molecular flexibility index (Phi) is 5.59. The summed E-state index contributed by atoms with van der Waals surface area (Å²) in [5.74, 6) is 0.125. The maximum absolute atomic E-state index is 12.3. The molecule has 0 saturated carbocycles. The fourth-order valence-corrected chi connectivity index (χ4v) is 4.02. The minimum absolute atomic E-state index is 0.00595. The van der Waals surface area contributed by atoms with E-state index in [2.05, 4.69) is 46.0 Å². The Hall–Kier alpha value is -2.12. The number of aryl methyl sites for hydroxylation is 1. The van der Waals surface area contributed by atoms with Crippen LogP contribution in [0.2, 0.25) is 0 Å². The van der Waals surface area contributed by atoms with Crippen LogP contribution in [0.15, 0.2) is 30.7 Å². The summed E-state index contributed by atoms with van der Waals surface area (Å²) >= 11 is 0. The average Bonchev–Trinajstić information content (AvgIpc) is 3.41. The van der Waals surface area contributed by atoms with Gasteiger partial charge in [0.25, 0.3) is 0 Å². The monoisotopic (exact) mass is 371 g/mol. The molecule has 0 unspecified atom stereocenters. The number of carbonyl (C=O) groups is 1. The molecule has 7 heteroatoms. The number of likely N-dealkylation sites (tertiary alicyclic amines) is 1. The topological polar surface area (TPSA) is 55.5 Å². The van der Waals surface area contributed by atoms with Crippen LogP contribution in [0.3, 0.4) is 0 Å². The molecule has 146 valence electrons. The number of aromatic nitrogens is 3. The molecule has 2 aromatic heterocycles. The van der Waals surface area contributed by atoms with E-state index in [1.54, 1.807) is 0 Å². The second-order valence-electron chi connectivity index (χ2n) is 7.55. The Morgan fingerprint density at radius 2 is 2.15 bits per heavy atom. The largest absolute Gasteiger partial charge is 0.365 e. The van der Waals surface area contributed by atoms with Gasteiger partial charge in [0.1, 0.15) is 6.61 Å². The quantitative estimate of drug-likeness (QED) is 0.776. The van der Waals surface area contributed by atoms with Crippen LogP contribution in [0.5, 0.6) is 0 Å². The molecule has 0 aromatic carbocycles. The highest BCUT2D eigenvalue weighted by molar-refractivity contribution is 5.77. The third-order valence-electron chi connectivity index (χ3n) is 5.49. The molecular weight excluding hydrogens is 342 g/mol. The molecule has 2 aliphatic heterocycles. The first-order valence-electron chi connectivity index (χ1n) is 9.98. The van der Waals surface area contributed by atoms with Crippen LogP contribution >= 0.6 is 0 Å². The maximum atomic E-state index is 12.3. The number of hydrogen-bond acceptors (Lipinski definition) is 4. The van der Waals surface area contributed by atoms with Crippen molar-refractivity contribution in [2.45, 2.75) is 52.0 Å². The van der Waals surface area contributed by atoms with Crippen molar-refractivity contribution in [1.29, 1.82) is 0 Å². The van der Waals surface area contributed by atoms with Gasteiger partial charge in [0.05, 0.1) is 12.3 Å². The molecule has 4 rings (SSSR count). The van der Waals surface area contributed by atoms with Gasteiger partial charge in [-0.2, -0.15) is 5.10 Å². The van der Waals surface area contributed by atoms with E-state index < -0.39 is 0 Å². The lowest BCUT2D eigenvalue weighted by Crippen LogP contribution is -2.37. The lowest BCUT2D eigenvalue weighted by Gasteiger charge is -2.24. The molecule has 7 nitrogen and oxygen atoms in total. The SMILES string of the molecule is CCn1cc(CN2Cc3cccn3C[C@@H](OCC(=O)N3CCCC3)C2)cn1. The van der Waals surface area contributed by atoms with Crippen LogP contribution in [-0.2, 0) is 35.7 Å². The Balaban J connectivity index is 1.40. The van der Waals surface area contributed by atoms with Crippen molar-refractivity contribution in [3.8, 4) is 0 Å². The minimum atomic E-state index is 0.00595. The zero-order valence-corrected chi connectivity index (χ0v) is 16.1. The summed E-state index contributed by atoms with van der Waals surface area (Å²) in [7, 11) is 0. The summed E-state index contributed by atoms with van der Waals surface area (Å²) in [5, 5.41) is 4.38. The molecule has 0 radical (unpaired) electrons. The molecule has 1 atom stereocenters. The Morgan fingerprint density at radius 1 is 1.30 bits per heavy atom. The number of ether oxygens (including phenoxy) is 1. The smallest absolute Gasteiger partial charge is 0.248 e. The number of carbonyl (C=O) groups excluding carboxylic acids is 1. The summed E-state index contributed by atoms with van der Waals surface area (Å²) in [4.78, 5) is 16.7. The molecular formula is C20H29N5O2. The van der Waals surface area contributed by atoms with Crippen molar-refractivity contribution in [3.63, 3.8) is 0 Å². The van der Waals surface area contributed by atoms with Gasteiger partial charge in [-0.25, -0.2) is 0 Å². The van der Waals surface area contributed by atoms with E-state index in [0.717, 1.165) is 58.7 Å². The van der Waals surface area contributed by atoms with Gasteiger partial charge in [0.2, 0.25) is 5.91 Å². The van der Waals surface area contributed by atoms with Gasteiger partial charge in [0, 0.05) is 69.5 Å². The molecule has 2 aromatic rings. The van der Waals surface area contributed by atoms with Crippen molar-refractivity contribution >= 4 is 5.91 Å². The summed E-state index contributed by atoms with van der Waals surface area (Å²) in [5.41, 5.74) is 2.50. The van der Waals surface area contributed by atoms with E-state index in [9.17, 15) is 4.79 Å². The summed E-state index contributed by atoms with van der Waals surface area (Å²) in [6.45, 7) is 8.24. The van der Waals surface area contributed by atoms with Gasteiger partial charge >= 0.3 is 0 Å². The van der Waals surface area contributed by atoms with Gasteiger partial charge < -0.3 is 14.2 Å². The highest BCUT2D eigenvalue weighted by Crippen LogP contribution is 2.18. The first-order valence-corrected chi connectivity index (χ1v) is 9.98. The normalized spacial score (nSPS) is 20.6. The molecule has 1 amide bonds. The number of amides is 1. The van der Waals surface area contributed by atoms with Crippen LogP contribution in [0.25, 0.3) is 0 Å². The fraction of sp³-hybridized carbons (Fsp3) is 0.600. The first-order chi connectivity index (χ1) is 13.2. The van der Waals surface area contributed by atoms with Crippen molar-refractivity contribution in [3.05, 3.63) is 42.0 Å². The van der Waals surface area contributed by atoms with Crippen molar-refractivity contribution in [2.24, 2.45) is 0 Å². The third-order valence-corrected chi connectivity index (χ3v) is 5.49. The zero-order valence-electron chi connectivity index (χ0n) is 16.1. The van der Waals surface area contributed by atoms with Crippen molar-refractivity contribution in [1.82, 2.24) is 24.1 Å². The first kappa shape index (κ1) is 18.3. The molecule has 1 saturated heterocycles. The van der Waals surface area contributed by atoms with E-state index in [-0.39, 0.29) is 18.6 Å². The molecule has 0 aliphatic carbocycles. The number of nitrogens with zero attached hydrogens (tertiary/aromatic N) is 5. The minimum Gasteiger partial charge on any atom is -0.365 e. The maximum Gasteiger partial charge on any atom is 0.248 e. The Morgan fingerprint density at radius 3 is 2.93 bits per heavy atom. The molecule has 1 fully saturated rings. The van der Waals surface area contributed by atoms with Gasteiger partial charge in [0.15, 0.2) is 0 Å². The van der Waals surface area contributed by atoms with Crippen LogP contribution in [-0.4, -0.2) is 62.4 Å². The van der Waals surface area contributed by atoms with E-state index in [1.165, 1.54) is 11.3 Å². The molecule has 0 bridgehead atoms. The van der Waals surface area contributed by atoms with E-state index in [0.29, 0.717) is 0 Å². The van der Waals surface area contributed by atoms with E-state index in [4.69, 9.17) is 4.74 Å². The summed E-state index contributed by atoms with van der Waals surface area (Å²) in [6.07, 6.45) is 8.39. The molecule has 27 heavy (non-hydrogen) atoms. The Bertz CT molecular complexity index is 762. The van der Waals surface area contributed by atoms with Crippen LogP contribution in [0, 0.1) is 0 Å². The van der Waals surface area contributed by atoms with E-state index >= 15 is 0 Å². The highest BCUT2D eigenvalue weighted by Gasteiger charge is 2.25. The second kappa shape index (κ2) is 8.27. The number of rotatable bonds is 6. The summed E-state index contributed by atoms with van der Waals surface area (Å²) in [6, 6.07) is 4.25.